The highest BCUT2D eigenvalue weighted by atomic mass is 32.1. The van der Waals surface area contributed by atoms with Gasteiger partial charge in [-0.05, 0) is 5.56 Å². The van der Waals surface area contributed by atoms with Crippen molar-refractivity contribution in [2.45, 2.75) is 18.1 Å². The minimum atomic E-state index is -0.0186. The Hall–Kier alpha value is -1.82. The minimum Gasteiger partial charge on any atom is -0.407 e. The zero-order valence-electron chi connectivity index (χ0n) is 10.2. The number of carbonyl (C=O) groups excluding carboxylic acids is 1. The van der Waals surface area contributed by atoms with Gasteiger partial charge in [0.1, 0.15) is 0 Å². The molecule has 19 heavy (non-hydrogen) atoms. The number of amides is 1. The number of anilines is 1. The van der Waals surface area contributed by atoms with Gasteiger partial charge in [-0.15, -0.1) is 5.10 Å². The van der Waals surface area contributed by atoms with Gasteiger partial charge in [-0.1, -0.05) is 35.4 Å². The maximum atomic E-state index is 11.7. The SMILES string of the molecule is O=C1CC(S)CN1c1nnc(Cc2ccccc2)o1. The lowest BCUT2D eigenvalue weighted by molar-refractivity contribution is -0.117. The molecule has 1 amide bonds. The molecule has 5 nitrogen and oxygen atoms in total. The molecule has 1 saturated heterocycles. The summed E-state index contributed by atoms with van der Waals surface area (Å²) in [5.74, 6) is 0.492. The van der Waals surface area contributed by atoms with Gasteiger partial charge in [-0.3, -0.25) is 9.69 Å². The molecule has 3 rings (SSSR count). The van der Waals surface area contributed by atoms with Crippen LogP contribution in [0.25, 0.3) is 0 Å². The number of hydrogen-bond donors (Lipinski definition) is 1. The van der Waals surface area contributed by atoms with Crippen LogP contribution in [0, 0.1) is 0 Å². The molecule has 0 spiro atoms. The quantitative estimate of drug-likeness (QED) is 0.866. The van der Waals surface area contributed by atoms with Gasteiger partial charge < -0.3 is 4.42 Å². The molecule has 0 aliphatic carbocycles. The molecular weight excluding hydrogens is 262 g/mol. The summed E-state index contributed by atoms with van der Waals surface area (Å²) < 4.78 is 5.54. The van der Waals surface area contributed by atoms with E-state index in [-0.39, 0.29) is 17.2 Å². The third-order valence-corrected chi connectivity index (χ3v) is 3.34. The molecule has 1 aromatic carbocycles. The molecule has 0 N–H and O–H groups in total. The summed E-state index contributed by atoms with van der Waals surface area (Å²) in [7, 11) is 0. The number of nitrogens with zero attached hydrogens (tertiary/aromatic N) is 3. The first-order valence-corrected chi connectivity index (χ1v) is 6.59. The van der Waals surface area contributed by atoms with Crippen LogP contribution in [-0.4, -0.2) is 27.9 Å². The van der Waals surface area contributed by atoms with Crippen LogP contribution in [0.1, 0.15) is 17.9 Å². The van der Waals surface area contributed by atoms with Crippen LogP contribution >= 0.6 is 12.6 Å². The van der Waals surface area contributed by atoms with E-state index >= 15 is 0 Å². The maximum absolute atomic E-state index is 11.7. The first kappa shape index (κ1) is 12.2. The Morgan fingerprint density at radius 1 is 1.32 bits per heavy atom. The minimum absolute atomic E-state index is 0.0186. The summed E-state index contributed by atoms with van der Waals surface area (Å²) in [6, 6.07) is 10.1. The van der Waals surface area contributed by atoms with Crippen LogP contribution in [0.5, 0.6) is 0 Å². The van der Waals surface area contributed by atoms with Gasteiger partial charge in [0.05, 0.1) is 6.42 Å². The predicted octanol–water partition coefficient (Wildman–Crippen LogP) is 1.70. The second kappa shape index (κ2) is 5.05. The molecule has 1 fully saturated rings. The summed E-state index contributed by atoms with van der Waals surface area (Å²) in [6.07, 6.45) is 0.986. The van der Waals surface area contributed by atoms with Crippen LogP contribution in [0.3, 0.4) is 0 Å². The number of carbonyl (C=O) groups is 1. The van der Waals surface area contributed by atoms with E-state index in [0.29, 0.717) is 25.3 Å². The van der Waals surface area contributed by atoms with Crippen LogP contribution in [-0.2, 0) is 11.2 Å². The van der Waals surface area contributed by atoms with Gasteiger partial charge in [0.15, 0.2) is 0 Å². The van der Waals surface area contributed by atoms with Crippen molar-refractivity contribution in [1.29, 1.82) is 0 Å². The zero-order chi connectivity index (χ0) is 13.2. The lowest BCUT2D eigenvalue weighted by Gasteiger charge is -2.08. The Morgan fingerprint density at radius 2 is 2.11 bits per heavy atom. The lowest BCUT2D eigenvalue weighted by Crippen LogP contribution is -2.24. The van der Waals surface area contributed by atoms with Crippen LogP contribution in [0.15, 0.2) is 34.7 Å². The standard InChI is InChI=1S/C13H13N3O2S/c17-12-7-10(19)8-16(12)13-15-14-11(18-13)6-9-4-2-1-3-5-9/h1-5,10,19H,6-8H2. The first-order chi connectivity index (χ1) is 9.22. The molecule has 0 radical (unpaired) electrons. The third-order valence-electron chi connectivity index (χ3n) is 2.99. The van der Waals surface area contributed by atoms with Crippen molar-refractivity contribution in [3.05, 3.63) is 41.8 Å². The molecule has 0 saturated carbocycles. The average Bonchev–Trinajstić information content (AvgIpc) is 2.97. The zero-order valence-corrected chi connectivity index (χ0v) is 11.1. The molecule has 2 heterocycles. The fraction of sp³-hybridized carbons (Fsp3) is 0.308. The van der Waals surface area contributed by atoms with Crippen molar-refractivity contribution in [3.63, 3.8) is 0 Å². The number of aromatic nitrogens is 2. The largest absolute Gasteiger partial charge is 0.407 e. The van der Waals surface area contributed by atoms with E-state index in [4.69, 9.17) is 4.42 Å². The first-order valence-electron chi connectivity index (χ1n) is 6.07. The van der Waals surface area contributed by atoms with Gasteiger partial charge in [-0.25, -0.2) is 0 Å². The number of thiol groups is 1. The van der Waals surface area contributed by atoms with Gasteiger partial charge in [0.25, 0.3) is 0 Å². The second-order valence-electron chi connectivity index (χ2n) is 4.50. The third kappa shape index (κ3) is 2.63. The normalized spacial score (nSPS) is 19.1. The second-order valence-corrected chi connectivity index (χ2v) is 5.23. The van der Waals surface area contributed by atoms with Crippen molar-refractivity contribution < 1.29 is 9.21 Å². The van der Waals surface area contributed by atoms with E-state index in [1.165, 1.54) is 4.90 Å². The molecule has 6 heteroatoms. The maximum Gasteiger partial charge on any atom is 0.325 e. The van der Waals surface area contributed by atoms with Gasteiger partial charge in [-0.2, -0.15) is 12.6 Å². The van der Waals surface area contributed by atoms with Crippen molar-refractivity contribution in [3.8, 4) is 0 Å². The fourth-order valence-corrected chi connectivity index (χ4v) is 2.39. The molecule has 2 aromatic rings. The summed E-state index contributed by atoms with van der Waals surface area (Å²) in [6.45, 7) is 0.523. The molecule has 0 bridgehead atoms. The van der Waals surface area contributed by atoms with Crippen molar-refractivity contribution in [2.75, 3.05) is 11.4 Å². The topological polar surface area (TPSA) is 59.2 Å². The molecule has 1 atom stereocenters. The number of rotatable bonds is 3. The van der Waals surface area contributed by atoms with Crippen LogP contribution in [0.4, 0.5) is 6.01 Å². The van der Waals surface area contributed by atoms with E-state index in [1.807, 2.05) is 30.3 Å². The highest BCUT2D eigenvalue weighted by Crippen LogP contribution is 2.23. The summed E-state index contributed by atoms with van der Waals surface area (Å²) >= 11 is 4.30. The molecule has 1 aliphatic heterocycles. The Bertz CT molecular complexity index is 585. The Balaban J connectivity index is 1.75. The van der Waals surface area contributed by atoms with Crippen LogP contribution < -0.4 is 4.90 Å². The Morgan fingerprint density at radius 3 is 2.79 bits per heavy atom. The van der Waals surface area contributed by atoms with Crippen molar-refractivity contribution >= 4 is 24.6 Å². The van der Waals surface area contributed by atoms with Gasteiger partial charge >= 0.3 is 6.01 Å². The van der Waals surface area contributed by atoms with E-state index in [0.717, 1.165) is 5.56 Å². The fourth-order valence-electron chi connectivity index (χ4n) is 2.07. The highest BCUT2D eigenvalue weighted by molar-refractivity contribution is 7.81. The Labute approximate surface area is 116 Å². The Kier molecular flexibility index (Phi) is 3.25. The lowest BCUT2D eigenvalue weighted by atomic mass is 10.2. The monoisotopic (exact) mass is 275 g/mol. The molecular formula is C13H13N3O2S. The number of benzene rings is 1. The molecule has 1 aromatic heterocycles. The summed E-state index contributed by atoms with van der Waals surface area (Å²) in [4.78, 5) is 13.2. The number of hydrogen-bond acceptors (Lipinski definition) is 5. The predicted molar refractivity (Wildman–Crippen MR) is 73.3 cm³/mol. The molecule has 1 aliphatic rings. The summed E-state index contributed by atoms with van der Waals surface area (Å²) in [5, 5.41) is 7.95. The smallest absolute Gasteiger partial charge is 0.325 e. The van der Waals surface area contributed by atoms with Crippen LogP contribution in [0.2, 0.25) is 0 Å². The van der Waals surface area contributed by atoms with E-state index in [1.54, 1.807) is 0 Å². The highest BCUT2D eigenvalue weighted by Gasteiger charge is 2.31. The van der Waals surface area contributed by atoms with Gasteiger partial charge in [0.2, 0.25) is 11.8 Å². The molecule has 98 valence electrons. The van der Waals surface area contributed by atoms with E-state index in [9.17, 15) is 4.79 Å². The summed E-state index contributed by atoms with van der Waals surface area (Å²) in [5.41, 5.74) is 1.09. The van der Waals surface area contributed by atoms with E-state index in [2.05, 4.69) is 22.8 Å². The van der Waals surface area contributed by atoms with E-state index < -0.39 is 0 Å². The van der Waals surface area contributed by atoms with Gasteiger partial charge in [0, 0.05) is 18.2 Å². The van der Waals surface area contributed by atoms with Crippen molar-refractivity contribution in [1.82, 2.24) is 10.2 Å². The van der Waals surface area contributed by atoms with Crippen molar-refractivity contribution in [2.24, 2.45) is 0 Å². The average molecular weight is 275 g/mol. The molecule has 1 unspecified atom stereocenters.